The van der Waals surface area contributed by atoms with Gasteiger partial charge in [-0.2, -0.15) is 0 Å². The Morgan fingerprint density at radius 2 is 2.32 bits per heavy atom. The Kier molecular flexibility index (Phi) is 3.27. The molecule has 1 N–H and O–H groups in total. The van der Waals surface area contributed by atoms with Crippen molar-refractivity contribution in [3.8, 4) is 0 Å². The first-order valence-electron chi connectivity index (χ1n) is 7.00. The van der Waals surface area contributed by atoms with Crippen molar-refractivity contribution in [3.05, 3.63) is 29.6 Å². The van der Waals surface area contributed by atoms with Gasteiger partial charge in [-0.15, -0.1) is 0 Å². The Hall–Kier alpha value is -1.42. The van der Waals surface area contributed by atoms with E-state index < -0.39 is 0 Å². The van der Waals surface area contributed by atoms with E-state index in [0.717, 1.165) is 37.1 Å². The molecule has 1 aromatic rings. The second-order valence-corrected chi connectivity index (χ2v) is 5.50. The molecule has 3 nitrogen and oxygen atoms in total. The molecule has 0 spiro atoms. The van der Waals surface area contributed by atoms with Crippen molar-refractivity contribution in [3.63, 3.8) is 0 Å². The second-order valence-electron chi connectivity index (χ2n) is 5.50. The van der Waals surface area contributed by atoms with E-state index in [0.29, 0.717) is 6.54 Å². The zero-order chi connectivity index (χ0) is 13.4. The molecule has 2 atom stereocenters. The van der Waals surface area contributed by atoms with E-state index in [2.05, 4.69) is 12.2 Å². The molecule has 19 heavy (non-hydrogen) atoms. The van der Waals surface area contributed by atoms with E-state index in [-0.39, 0.29) is 23.7 Å². The summed E-state index contributed by atoms with van der Waals surface area (Å²) in [6.45, 7) is 3.72. The topological polar surface area (TPSA) is 32.3 Å². The van der Waals surface area contributed by atoms with E-state index in [1.54, 1.807) is 11.0 Å². The maximum Gasteiger partial charge on any atom is 0.231 e. The molecule has 3 rings (SSSR count). The number of carbonyl (C=O) groups excluding carboxylic acids is 1. The number of halogens is 1. The summed E-state index contributed by atoms with van der Waals surface area (Å²) in [5, 5.41) is 3.35. The molecule has 102 valence electrons. The monoisotopic (exact) mass is 262 g/mol. The van der Waals surface area contributed by atoms with Gasteiger partial charge in [0.25, 0.3) is 0 Å². The second kappa shape index (κ2) is 4.93. The summed E-state index contributed by atoms with van der Waals surface area (Å²) < 4.78 is 13.4. The highest BCUT2D eigenvalue weighted by molar-refractivity contribution is 5.97. The number of benzene rings is 1. The molecular weight excluding hydrogens is 243 g/mol. The molecule has 2 aliphatic heterocycles. The third kappa shape index (κ3) is 2.25. The zero-order valence-corrected chi connectivity index (χ0v) is 11.2. The lowest BCUT2D eigenvalue weighted by atomic mass is 9.90. The van der Waals surface area contributed by atoms with Gasteiger partial charge >= 0.3 is 0 Å². The highest BCUT2D eigenvalue weighted by Crippen LogP contribution is 2.31. The number of nitrogens with zero attached hydrogens (tertiary/aromatic N) is 1. The molecule has 1 amide bonds. The molecule has 0 radical (unpaired) electrons. The fraction of sp³-hybridized carbons (Fsp3) is 0.533. The van der Waals surface area contributed by atoms with Crippen molar-refractivity contribution in [2.75, 3.05) is 18.0 Å². The van der Waals surface area contributed by atoms with Crippen LogP contribution >= 0.6 is 0 Å². The minimum Gasteiger partial charge on any atom is -0.313 e. The van der Waals surface area contributed by atoms with Crippen LogP contribution < -0.4 is 10.2 Å². The van der Waals surface area contributed by atoms with E-state index in [9.17, 15) is 9.18 Å². The number of rotatable bonds is 1. The molecule has 1 aromatic carbocycles. The van der Waals surface area contributed by atoms with Gasteiger partial charge in [0.1, 0.15) is 5.82 Å². The summed E-state index contributed by atoms with van der Waals surface area (Å²) in [4.78, 5) is 14.4. The highest BCUT2D eigenvalue weighted by Gasteiger charge is 2.34. The Balaban J connectivity index is 1.84. The lowest BCUT2D eigenvalue weighted by Crippen LogP contribution is -2.48. The van der Waals surface area contributed by atoms with E-state index in [4.69, 9.17) is 0 Å². The molecule has 2 aliphatic rings. The molecule has 1 fully saturated rings. The van der Waals surface area contributed by atoms with Crippen LogP contribution in [0.15, 0.2) is 18.2 Å². The molecule has 4 heteroatoms. The number of carbonyl (C=O) groups is 1. The van der Waals surface area contributed by atoms with Crippen LogP contribution in [-0.2, 0) is 11.2 Å². The van der Waals surface area contributed by atoms with Crippen LogP contribution in [0, 0.1) is 11.7 Å². The Bertz CT molecular complexity index is 503. The summed E-state index contributed by atoms with van der Waals surface area (Å²) in [6, 6.07) is 4.96. The van der Waals surface area contributed by atoms with E-state index >= 15 is 0 Å². The molecule has 0 aromatic heterocycles. The number of fused-ring (bicyclic) bond motifs is 1. The number of nitrogens with one attached hydrogen (secondary N) is 1. The highest BCUT2D eigenvalue weighted by atomic mass is 19.1. The fourth-order valence-electron chi connectivity index (χ4n) is 3.16. The third-order valence-electron chi connectivity index (χ3n) is 4.29. The van der Waals surface area contributed by atoms with Crippen LogP contribution in [0.1, 0.15) is 25.3 Å². The van der Waals surface area contributed by atoms with E-state index in [1.165, 1.54) is 12.1 Å². The van der Waals surface area contributed by atoms with Crippen molar-refractivity contribution in [1.29, 1.82) is 0 Å². The predicted octanol–water partition coefficient (Wildman–Crippen LogP) is 2.10. The first-order chi connectivity index (χ1) is 9.16. The van der Waals surface area contributed by atoms with E-state index in [1.807, 2.05) is 0 Å². The predicted molar refractivity (Wildman–Crippen MR) is 72.6 cm³/mol. The van der Waals surface area contributed by atoms with Crippen molar-refractivity contribution in [1.82, 2.24) is 5.32 Å². The van der Waals surface area contributed by atoms with Crippen LogP contribution in [-0.4, -0.2) is 25.0 Å². The van der Waals surface area contributed by atoms with Crippen molar-refractivity contribution in [2.24, 2.45) is 5.92 Å². The van der Waals surface area contributed by atoms with Gasteiger partial charge in [-0.1, -0.05) is 6.07 Å². The van der Waals surface area contributed by atoms with Gasteiger partial charge in [-0.3, -0.25) is 4.79 Å². The molecule has 1 saturated heterocycles. The molecule has 0 aliphatic carbocycles. The van der Waals surface area contributed by atoms with Crippen LogP contribution in [0.25, 0.3) is 0 Å². The van der Waals surface area contributed by atoms with Crippen molar-refractivity contribution < 1.29 is 9.18 Å². The van der Waals surface area contributed by atoms with Gasteiger partial charge in [-0.05, 0) is 50.4 Å². The average molecular weight is 262 g/mol. The maximum absolute atomic E-state index is 13.4. The van der Waals surface area contributed by atoms with Crippen LogP contribution in [0.4, 0.5) is 10.1 Å². The maximum atomic E-state index is 13.4. The molecular formula is C15H19FN2O. The third-order valence-corrected chi connectivity index (χ3v) is 4.29. The van der Waals surface area contributed by atoms with Gasteiger partial charge in [-0.25, -0.2) is 4.39 Å². The minimum atomic E-state index is -0.270. The van der Waals surface area contributed by atoms with Gasteiger partial charge in [0.05, 0.1) is 5.92 Å². The Morgan fingerprint density at radius 3 is 3.11 bits per heavy atom. The fourth-order valence-corrected chi connectivity index (χ4v) is 3.16. The normalized spacial score (nSPS) is 26.3. The number of hydrogen-bond acceptors (Lipinski definition) is 2. The average Bonchev–Trinajstić information content (AvgIpc) is 2.81. The van der Waals surface area contributed by atoms with Crippen molar-refractivity contribution >= 4 is 11.6 Å². The standard InChI is InChI=1S/C15H19FN2O/c1-10-13(3-2-7-17-10)15(19)18-8-6-11-4-5-12(16)9-14(11)18/h4-5,9-10,13,17H,2-3,6-8H2,1H3. The molecule has 2 unspecified atom stereocenters. The van der Waals surface area contributed by atoms with Gasteiger partial charge in [0.2, 0.25) is 5.91 Å². The minimum absolute atomic E-state index is 0.0166. The summed E-state index contributed by atoms with van der Waals surface area (Å²) in [7, 11) is 0. The Morgan fingerprint density at radius 1 is 1.47 bits per heavy atom. The Labute approximate surface area is 112 Å². The quantitative estimate of drug-likeness (QED) is 0.840. The number of piperidine rings is 1. The molecule has 2 heterocycles. The van der Waals surface area contributed by atoms with Gasteiger partial charge in [0, 0.05) is 18.3 Å². The molecule has 0 bridgehead atoms. The first kappa shape index (κ1) is 12.6. The summed E-state index contributed by atoms with van der Waals surface area (Å²) >= 11 is 0. The largest absolute Gasteiger partial charge is 0.313 e. The summed E-state index contributed by atoms with van der Waals surface area (Å²) in [5.74, 6) is -0.111. The SMILES string of the molecule is CC1NCCCC1C(=O)N1CCc2ccc(F)cc21. The number of anilines is 1. The molecule has 0 saturated carbocycles. The lowest BCUT2D eigenvalue weighted by Gasteiger charge is -2.32. The van der Waals surface area contributed by atoms with Gasteiger partial charge in [0.15, 0.2) is 0 Å². The van der Waals surface area contributed by atoms with Crippen LogP contribution in [0.5, 0.6) is 0 Å². The summed E-state index contributed by atoms with van der Waals surface area (Å²) in [6.07, 6.45) is 2.79. The lowest BCUT2D eigenvalue weighted by molar-refractivity contribution is -0.123. The number of hydrogen-bond donors (Lipinski definition) is 1. The number of amides is 1. The first-order valence-corrected chi connectivity index (χ1v) is 7.00. The smallest absolute Gasteiger partial charge is 0.231 e. The zero-order valence-electron chi connectivity index (χ0n) is 11.2. The van der Waals surface area contributed by atoms with Gasteiger partial charge < -0.3 is 10.2 Å². The van der Waals surface area contributed by atoms with Crippen LogP contribution in [0.2, 0.25) is 0 Å². The summed E-state index contributed by atoms with van der Waals surface area (Å²) in [5.41, 5.74) is 1.84. The van der Waals surface area contributed by atoms with Crippen LogP contribution in [0.3, 0.4) is 0 Å². The van der Waals surface area contributed by atoms with Crippen molar-refractivity contribution in [2.45, 2.75) is 32.2 Å².